The maximum absolute atomic E-state index is 12.8. The van der Waals surface area contributed by atoms with E-state index in [9.17, 15) is 13.2 Å². The first-order chi connectivity index (χ1) is 16.1. The second-order valence-electron chi connectivity index (χ2n) is 7.39. The minimum atomic E-state index is -3.85. The molecule has 1 atom stereocenters. The fourth-order valence-corrected chi connectivity index (χ4v) is 4.18. The SMILES string of the molecule is C=C(c1ccc(Cl)cc1)N1N=C(C)C(N=Nc2ccc(S(=O)(=O)Nc3cc(C)on3)cc2)C1=O. The van der Waals surface area contributed by atoms with E-state index in [2.05, 4.69) is 31.8 Å². The highest BCUT2D eigenvalue weighted by molar-refractivity contribution is 7.92. The van der Waals surface area contributed by atoms with Gasteiger partial charge in [-0.1, -0.05) is 35.5 Å². The lowest BCUT2D eigenvalue weighted by molar-refractivity contribution is -0.126. The summed E-state index contributed by atoms with van der Waals surface area (Å²) in [6, 6.07) is 13.1. The maximum Gasteiger partial charge on any atom is 0.280 e. The summed E-state index contributed by atoms with van der Waals surface area (Å²) in [5.41, 5.74) is 1.91. The van der Waals surface area contributed by atoms with Crippen LogP contribution in [-0.2, 0) is 14.8 Å². The van der Waals surface area contributed by atoms with E-state index < -0.39 is 22.0 Å². The molecule has 10 nitrogen and oxygen atoms in total. The number of hydrazone groups is 1. The van der Waals surface area contributed by atoms with E-state index in [4.69, 9.17) is 16.1 Å². The summed E-state index contributed by atoms with van der Waals surface area (Å²) < 4.78 is 32.2. The quantitative estimate of drug-likeness (QED) is 0.468. The summed E-state index contributed by atoms with van der Waals surface area (Å²) in [5, 5.41) is 17.8. The number of sulfonamides is 1. The number of nitrogens with one attached hydrogen (secondary N) is 1. The van der Waals surface area contributed by atoms with Gasteiger partial charge in [0.2, 0.25) is 0 Å². The Morgan fingerprint density at radius 2 is 1.82 bits per heavy atom. The molecule has 34 heavy (non-hydrogen) atoms. The Morgan fingerprint density at radius 3 is 2.44 bits per heavy atom. The second kappa shape index (κ2) is 9.20. The molecule has 0 fully saturated rings. The van der Waals surface area contributed by atoms with Gasteiger partial charge in [0.25, 0.3) is 15.9 Å². The smallest absolute Gasteiger partial charge is 0.280 e. The second-order valence-corrected chi connectivity index (χ2v) is 9.50. The molecular weight excluding hydrogens is 480 g/mol. The van der Waals surface area contributed by atoms with Crippen molar-refractivity contribution in [3.63, 3.8) is 0 Å². The van der Waals surface area contributed by atoms with Crippen LogP contribution in [0.4, 0.5) is 11.5 Å². The molecule has 0 saturated carbocycles. The number of anilines is 1. The van der Waals surface area contributed by atoms with Gasteiger partial charge in [-0.15, -0.1) is 0 Å². The minimum Gasteiger partial charge on any atom is -0.360 e. The summed E-state index contributed by atoms with van der Waals surface area (Å²) in [7, 11) is -3.85. The number of rotatable bonds is 7. The van der Waals surface area contributed by atoms with Crippen molar-refractivity contribution in [2.24, 2.45) is 15.3 Å². The molecule has 1 amide bonds. The molecular formula is C22H19ClN6O4S. The zero-order chi connectivity index (χ0) is 24.5. The molecule has 1 unspecified atom stereocenters. The van der Waals surface area contributed by atoms with Crippen LogP contribution in [-0.4, -0.2) is 36.2 Å². The molecule has 0 aliphatic carbocycles. The fourth-order valence-electron chi connectivity index (χ4n) is 3.07. The van der Waals surface area contributed by atoms with Crippen LogP contribution in [0.3, 0.4) is 0 Å². The fraction of sp³-hybridized carbons (Fsp3) is 0.136. The number of halogens is 1. The van der Waals surface area contributed by atoms with Crippen LogP contribution in [0, 0.1) is 6.92 Å². The molecule has 1 N–H and O–H groups in total. The van der Waals surface area contributed by atoms with Crippen LogP contribution < -0.4 is 4.72 Å². The van der Waals surface area contributed by atoms with Crippen molar-refractivity contribution in [2.45, 2.75) is 24.8 Å². The number of azo groups is 1. The first-order valence-corrected chi connectivity index (χ1v) is 11.8. The van der Waals surface area contributed by atoms with Gasteiger partial charge in [0, 0.05) is 11.1 Å². The topological polar surface area (TPSA) is 130 Å². The highest BCUT2D eigenvalue weighted by Crippen LogP contribution is 2.26. The molecule has 0 saturated heterocycles. The molecule has 2 aromatic carbocycles. The molecule has 0 radical (unpaired) electrons. The Hall–Kier alpha value is -3.83. The molecule has 1 aliphatic rings. The third-order valence-electron chi connectivity index (χ3n) is 4.83. The first-order valence-electron chi connectivity index (χ1n) is 9.95. The number of aromatic nitrogens is 1. The van der Waals surface area contributed by atoms with E-state index in [0.29, 0.717) is 33.4 Å². The average molecular weight is 499 g/mol. The van der Waals surface area contributed by atoms with E-state index in [1.165, 1.54) is 35.3 Å². The van der Waals surface area contributed by atoms with Crippen molar-refractivity contribution in [3.05, 3.63) is 77.5 Å². The third kappa shape index (κ3) is 4.90. The van der Waals surface area contributed by atoms with Crippen molar-refractivity contribution in [2.75, 3.05) is 4.72 Å². The number of hydrogen-bond donors (Lipinski definition) is 1. The molecule has 1 aromatic heterocycles. The van der Waals surface area contributed by atoms with Gasteiger partial charge in [-0.3, -0.25) is 9.52 Å². The molecule has 3 aromatic rings. The summed E-state index contributed by atoms with van der Waals surface area (Å²) in [6.07, 6.45) is 0. The van der Waals surface area contributed by atoms with Crippen molar-refractivity contribution in [3.8, 4) is 0 Å². The number of carbonyl (C=O) groups is 1. The van der Waals surface area contributed by atoms with Crippen LogP contribution >= 0.6 is 11.6 Å². The Morgan fingerprint density at radius 1 is 1.15 bits per heavy atom. The predicted octanol–water partition coefficient (Wildman–Crippen LogP) is 4.78. The Balaban J connectivity index is 1.45. The van der Waals surface area contributed by atoms with Crippen LogP contribution in [0.1, 0.15) is 18.2 Å². The third-order valence-corrected chi connectivity index (χ3v) is 6.45. The molecule has 4 rings (SSSR count). The summed E-state index contributed by atoms with van der Waals surface area (Å²) in [6.45, 7) is 7.27. The Labute approximate surface area is 200 Å². The number of benzene rings is 2. The first kappa shape index (κ1) is 23.3. The summed E-state index contributed by atoms with van der Waals surface area (Å²) >= 11 is 5.91. The Bertz CT molecular complexity index is 1410. The lowest BCUT2D eigenvalue weighted by Gasteiger charge is -2.15. The highest BCUT2D eigenvalue weighted by atomic mass is 35.5. The van der Waals surface area contributed by atoms with E-state index in [0.717, 1.165) is 0 Å². The minimum absolute atomic E-state index is 0.00669. The van der Waals surface area contributed by atoms with Gasteiger partial charge in [0.05, 0.1) is 22.0 Å². The Kier molecular flexibility index (Phi) is 6.31. The van der Waals surface area contributed by atoms with Crippen LogP contribution in [0.5, 0.6) is 0 Å². The van der Waals surface area contributed by atoms with Crippen LogP contribution in [0.15, 0.2) is 85.9 Å². The van der Waals surface area contributed by atoms with Gasteiger partial charge in [0.15, 0.2) is 11.9 Å². The van der Waals surface area contributed by atoms with E-state index in [1.807, 2.05) is 0 Å². The number of hydrogen-bond acceptors (Lipinski definition) is 8. The van der Waals surface area contributed by atoms with Crippen molar-refractivity contribution in [1.82, 2.24) is 10.2 Å². The zero-order valence-electron chi connectivity index (χ0n) is 18.1. The molecule has 1 aliphatic heterocycles. The van der Waals surface area contributed by atoms with E-state index in [1.54, 1.807) is 38.1 Å². The lowest BCUT2D eigenvalue weighted by atomic mass is 10.1. The maximum atomic E-state index is 12.8. The number of aryl methyl sites for hydroxylation is 1. The average Bonchev–Trinajstić information content (AvgIpc) is 3.33. The van der Waals surface area contributed by atoms with Crippen molar-refractivity contribution in [1.29, 1.82) is 0 Å². The largest absolute Gasteiger partial charge is 0.360 e. The molecule has 0 spiro atoms. The zero-order valence-corrected chi connectivity index (χ0v) is 19.7. The van der Waals surface area contributed by atoms with Gasteiger partial charge in [-0.2, -0.15) is 20.3 Å². The molecule has 2 heterocycles. The van der Waals surface area contributed by atoms with Gasteiger partial charge in [0.1, 0.15) is 5.76 Å². The monoisotopic (exact) mass is 498 g/mol. The van der Waals surface area contributed by atoms with E-state index in [-0.39, 0.29) is 10.7 Å². The summed E-state index contributed by atoms with van der Waals surface area (Å²) in [5.74, 6) is 0.164. The normalized spacial score (nSPS) is 16.2. The number of nitrogens with zero attached hydrogens (tertiary/aromatic N) is 5. The molecule has 174 valence electrons. The van der Waals surface area contributed by atoms with Gasteiger partial charge in [-0.05, 0) is 55.8 Å². The van der Waals surface area contributed by atoms with Gasteiger partial charge in [-0.25, -0.2) is 8.42 Å². The van der Waals surface area contributed by atoms with Gasteiger partial charge >= 0.3 is 0 Å². The lowest BCUT2D eigenvalue weighted by Crippen LogP contribution is -2.28. The van der Waals surface area contributed by atoms with Crippen molar-refractivity contribution >= 4 is 50.4 Å². The van der Waals surface area contributed by atoms with Crippen LogP contribution in [0.2, 0.25) is 5.02 Å². The summed E-state index contributed by atoms with van der Waals surface area (Å²) in [4.78, 5) is 12.9. The number of carbonyl (C=O) groups excluding carboxylic acids is 1. The highest BCUT2D eigenvalue weighted by Gasteiger charge is 2.35. The van der Waals surface area contributed by atoms with Crippen molar-refractivity contribution < 1.29 is 17.7 Å². The number of amides is 1. The van der Waals surface area contributed by atoms with Gasteiger partial charge < -0.3 is 4.52 Å². The molecule has 12 heteroatoms. The standard InChI is InChI=1S/C22H19ClN6O4S/c1-13-12-20(27-33-13)28-34(31,32)19-10-8-18(9-11-19)24-25-21-14(2)26-29(22(21)30)15(3)16-4-6-17(23)7-5-16/h4-12,21H,3H2,1-2H3,(H,27,28). The molecule has 0 bridgehead atoms. The predicted molar refractivity (Wildman–Crippen MR) is 127 cm³/mol. The van der Waals surface area contributed by atoms with Crippen LogP contribution in [0.25, 0.3) is 5.70 Å². The van der Waals surface area contributed by atoms with E-state index >= 15 is 0 Å².